The van der Waals surface area contributed by atoms with Gasteiger partial charge in [-0.1, -0.05) is 90.4 Å². The normalized spacial score (nSPS) is 12.1. The van der Waals surface area contributed by atoms with Gasteiger partial charge in [-0.05, 0) is 6.42 Å². The van der Waals surface area contributed by atoms with Crippen LogP contribution in [0.2, 0.25) is 0 Å². The predicted molar refractivity (Wildman–Crippen MR) is 103 cm³/mol. The summed E-state index contributed by atoms with van der Waals surface area (Å²) in [4.78, 5) is 11.3. The van der Waals surface area contributed by atoms with E-state index in [-0.39, 0.29) is 6.61 Å². The number of nitrogens with one attached hydrogen (secondary N) is 1. The van der Waals surface area contributed by atoms with E-state index in [1.54, 1.807) is 0 Å². The van der Waals surface area contributed by atoms with E-state index >= 15 is 0 Å². The van der Waals surface area contributed by atoms with Gasteiger partial charge in [-0.25, -0.2) is 4.79 Å². The van der Waals surface area contributed by atoms with Crippen molar-refractivity contribution in [2.24, 2.45) is 0 Å². The maximum absolute atomic E-state index is 11.3. The van der Waals surface area contributed by atoms with Crippen molar-refractivity contribution in [3.05, 3.63) is 0 Å². The standard InChI is InChI=1S/C20H41NO4/c1-2-3-4-5-6-7-8-9-10-11-12-13-14-15-16-21-20(24)25-18-19(23)17-22/h19,22-23H,2-18H2,1H3,(H,21,24). The average molecular weight is 360 g/mol. The second kappa shape index (κ2) is 19.5. The molecule has 0 aliphatic heterocycles. The van der Waals surface area contributed by atoms with Gasteiger partial charge in [0, 0.05) is 6.54 Å². The number of aliphatic hydroxyl groups excluding tert-OH is 2. The van der Waals surface area contributed by atoms with Gasteiger partial charge < -0.3 is 20.3 Å². The van der Waals surface area contributed by atoms with Crippen molar-refractivity contribution in [2.45, 2.75) is 103 Å². The predicted octanol–water partition coefficient (Wildman–Crippen LogP) is 4.55. The average Bonchev–Trinajstić information content (AvgIpc) is 2.62. The summed E-state index contributed by atoms with van der Waals surface area (Å²) in [5.41, 5.74) is 0. The van der Waals surface area contributed by atoms with Gasteiger partial charge in [0.05, 0.1) is 6.61 Å². The lowest BCUT2D eigenvalue weighted by Gasteiger charge is -2.09. The van der Waals surface area contributed by atoms with Crippen LogP contribution in [0.25, 0.3) is 0 Å². The van der Waals surface area contributed by atoms with E-state index in [2.05, 4.69) is 12.2 Å². The summed E-state index contributed by atoms with van der Waals surface area (Å²) >= 11 is 0. The van der Waals surface area contributed by atoms with Crippen molar-refractivity contribution in [2.75, 3.05) is 19.8 Å². The van der Waals surface area contributed by atoms with Crippen molar-refractivity contribution in [3.63, 3.8) is 0 Å². The zero-order valence-electron chi connectivity index (χ0n) is 16.3. The van der Waals surface area contributed by atoms with Crippen molar-refractivity contribution in [1.82, 2.24) is 5.32 Å². The Bertz CT molecular complexity index is 287. The summed E-state index contributed by atoms with van der Waals surface area (Å²) in [7, 11) is 0. The van der Waals surface area contributed by atoms with Crippen LogP contribution < -0.4 is 5.32 Å². The molecule has 0 heterocycles. The van der Waals surface area contributed by atoms with E-state index in [4.69, 9.17) is 14.9 Å². The zero-order valence-corrected chi connectivity index (χ0v) is 16.3. The molecule has 0 bridgehead atoms. The number of ether oxygens (including phenoxy) is 1. The molecule has 1 amide bonds. The fourth-order valence-electron chi connectivity index (χ4n) is 2.79. The van der Waals surface area contributed by atoms with Crippen LogP contribution in [0.3, 0.4) is 0 Å². The lowest BCUT2D eigenvalue weighted by atomic mass is 10.0. The van der Waals surface area contributed by atoms with Crippen LogP contribution in [-0.4, -0.2) is 42.2 Å². The molecule has 1 unspecified atom stereocenters. The third kappa shape index (κ3) is 19.4. The SMILES string of the molecule is CCCCCCCCCCCCCCCCNC(=O)OCC(O)CO. The number of rotatable bonds is 18. The second-order valence-electron chi connectivity index (χ2n) is 6.96. The van der Waals surface area contributed by atoms with Crippen molar-refractivity contribution in [3.8, 4) is 0 Å². The number of hydrogen-bond donors (Lipinski definition) is 3. The number of carbonyl (C=O) groups excluding carboxylic acids is 1. The fraction of sp³-hybridized carbons (Fsp3) is 0.950. The smallest absolute Gasteiger partial charge is 0.407 e. The van der Waals surface area contributed by atoms with Crippen LogP contribution >= 0.6 is 0 Å². The molecule has 0 saturated heterocycles. The van der Waals surface area contributed by atoms with E-state index in [1.165, 1.54) is 77.0 Å². The maximum atomic E-state index is 11.3. The molecule has 0 spiro atoms. The number of amides is 1. The molecule has 0 aliphatic carbocycles. The molecular weight excluding hydrogens is 318 g/mol. The lowest BCUT2D eigenvalue weighted by Crippen LogP contribution is -2.29. The summed E-state index contributed by atoms with van der Waals surface area (Å²) in [5.74, 6) is 0. The van der Waals surface area contributed by atoms with Gasteiger partial charge in [0.1, 0.15) is 12.7 Å². The van der Waals surface area contributed by atoms with E-state index in [1.807, 2.05) is 0 Å². The molecule has 0 radical (unpaired) electrons. The fourth-order valence-corrected chi connectivity index (χ4v) is 2.79. The Morgan fingerprint density at radius 3 is 1.72 bits per heavy atom. The Morgan fingerprint density at radius 1 is 0.840 bits per heavy atom. The number of unbranched alkanes of at least 4 members (excludes halogenated alkanes) is 13. The Labute approximate surface area is 154 Å². The Kier molecular flexibility index (Phi) is 18.9. The largest absolute Gasteiger partial charge is 0.447 e. The molecule has 25 heavy (non-hydrogen) atoms. The number of hydrogen-bond acceptors (Lipinski definition) is 4. The zero-order chi connectivity index (χ0) is 18.6. The molecule has 5 heteroatoms. The van der Waals surface area contributed by atoms with Crippen LogP contribution in [0.15, 0.2) is 0 Å². The van der Waals surface area contributed by atoms with Gasteiger partial charge in [0.2, 0.25) is 0 Å². The van der Waals surface area contributed by atoms with E-state index < -0.39 is 18.8 Å². The number of aliphatic hydroxyl groups is 2. The van der Waals surface area contributed by atoms with Crippen molar-refractivity contribution < 1.29 is 19.7 Å². The van der Waals surface area contributed by atoms with Crippen LogP contribution in [0.5, 0.6) is 0 Å². The molecule has 0 rings (SSSR count). The van der Waals surface area contributed by atoms with Gasteiger partial charge in [0.25, 0.3) is 0 Å². The van der Waals surface area contributed by atoms with Crippen LogP contribution in [-0.2, 0) is 4.74 Å². The maximum Gasteiger partial charge on any atom is 0.407 e. The first-order valence-corrected chi connectivity index (χ1v) is 10.4. The Morgan fingerprint density at radius 2 is 1.28 bits per heavy atom. The third-order valence-corrected chi connectivity index (χ3v) is 4.42. The second-order valence-corrected chi connectivity index (χ2v) is 6.96. The molecule has 0 saturated carbocycles. The van der Waals surface area contributed by atoms with E-state index in [9.17, 15) is 4.79 Å². The van der Waals surface area contributed by atoms with E-state index in [0.717, 1.165) is 12.8 Å². The molecule has 0 aliphatic rings. The summed E-state index contributed by atoms with van der Waals surface area (Å²) in [5, 5.41) is 20.3. The highest BCUT2D eigenvalue weighted by atomic mass is 16.6. The van der Waals surface area contributed by atoms with Crippen molar-refractivity contribution in [1.29, 1.82) is 0 Å². The van der Waals surface area contributed by atoms with E-state index in [0.29, 0.717) is 6.54 Å². The molecule has 0 fully saturated rings. The molecule has 0 aromatic carbocycles. The van der Waals surface area contributed by atoms with Crippen molar-refractivity contribution >= 4 is 6.09 Å². The quantitative estimate of drug-likeness (QED) is 0.314. The minimum absolute atomic E-state index is 0.166. The molecular formula is C20H41NO4. The van der Waals surface area contributed by atoms with Gasteiger partial charge in [-0.15, -0.1) is 0 Å². The monoisotopic (exact) mass is 359 g/mol. The highest BCUT2D eigenvalue weighted by Crippen LogP contribution is 2.12. The Balaban J connectivity index is 3.12. The minimum Gasteiger partial charge on any atom is -0.447 e. The highest BCUT2D eigenvalue weighted by molar-refractivity contribution is 5.67. The Hall–Kier alpha value is -0.810. The molecule has 0 aromatic rings. The molecule has 0 aromatic heterocycles. The summed E-state index contributed by atoms with van der Waals surface area (Å²) in [6.45, 7) is 2.30. The van der Waals surface area contributed by atoms with Crippen LogP contribution in [0, 0.1) is 0 Å². The van der Waals surface area contributed by atoms with Gasteiger partial charge in [0.15, 0.2) is 0 Å². The summed E-state index contributed by atoms with van der Waals surface area (Å²) in [6.07, 6.45) is 16.9. The summed E-state index contributed by atoms with van der Waals surface area (Å²) < 4.78 is 4.75. The molecule has 1 atom stereocenters. The van der Waals surface area contributed by atoms with Crippen LogP contribution in [0.4, 0.5) is 4.79 Å². The highest BCUT2D eigenvalue weighted by Gasteiger charge is 2.06. The number of alkyl carbamates (subject to hydrolysis) is 1. The first-order chi connectivity index (χ1) is 12.2. The molecule has 3 N–H and O–H groups in total. The first kappa shape index (κ1) is 24.2. The molecule has 150 valence electrons. The summed E-state index contributed by atoms with van der Waals surface area (Å²) in [6, 6.07) is 0. The minimum atomic E-state index is -0.994. The van der Waals surface area contributed by atoms with Gasteiger partial charge in [-0.2, -0.15) is 0 Å². The van der Waals surface area contributed by atoms with Gasteiger partial charge >= 0.3 is 6.09 Å². The van der Waals surface area contributed by atoms with Gasteiger partial charge in [-0.3, -0.25) is 0 Å². The first-order valence-electron chi connectivity index (χ1n) is 10.4. The molecule has 5 nitrogen and oxygen atoms in total. The van der Waals surface area contributed by atoms with Crippen LogP contribution in [0.1, 0.15) is 96.8 Å². The topological polar surface area (TPSA) is 78.8 Å². The lowest BCUT2D eigenvalue weighted by molar-refractivity contribution is 0.0322. The number of carbonyl (C=O) groups is 1. The third-order valence-electron chi connectivity index (χ3n) is 4.42.